The highest BCUT2D eigenvalue weighted by Gasteiger charge is 2.22. The molecule has 0 radical (unpaired) electrons. The summed E-state index contributed by atoms with van der Waals surface area (Å²) in [6, 6.07) is 5.50. The first-order chi connectivity index (χ1) is 11.5. The highest BCUT2D eigenvalue weighted by molar-refractivity contribution is 7.89. The fourth-order valence-corrected chi connectivity index (χ4v) is 2.83. The molecule has 0 spiro atoms. The molecule has 2 amide bonds. The van der Waals surface area contributed by atoms with Crippen LogP contribution in [0.15, 0.2) is 29.2 Å². The van der Waals surface area contributed by atoms with Gasteiger partial charge in [0.1, 0.15) is 0 Å². The van der Waals surface area contributed by atoms with Crippen molar-refractivity contribution in [3.63, 3.8) is 0 Å². The minimum Gasteiger partial charge on any atom is -0.348 e. The zero-order chi connectivity index (χ0) is 19.4. The summed E-state index contributed by atoms with van der Waals surface area (Å²) in [5.74, 6) is -0.435. The van der Waals surface area contributed by atoms with Gasteiger partial charge in [-0.2, -0.15) is 0 Å². The summed E-state index contributed by atoms with van der Waals surface area (Å²) in [7, 11) is 4.29. The number of anilines is 1. The summed E-state index contributed by atoms with van der Waals surface area (Å²) in [5, 5.41) is 2.69. The van der Waals surface area contributed by atoms with Crippen LogP contribution in [0.1, 0.15) is 6.92 Å². The number of rotatable bonds is 7. The lowest BCUT2D eigenvalue weighted by molar-refractivity contribution is -0.131. The van der Waals surface area contributed by atoms with E-state index in [0.29, 0.717) is 5.69 Å². The second-order valence-corrected chi connectivity index (χ2v) is 8.34. The van der Waals surface area contributed by atoms with Crippen LogP contribution in [-0.4, -0.2) is 82.2 Å². The zero-order valence-corrected chi connectivity index (χ0v) is 16.3. The van der Waals surface area contributed by atoms with Gasteiger partial charge in [0.05, 0.1) is 17.5 Å². The van der Waals surface area contributed by atoms with E-state index in [1.54, 1.807) is 45.1 Å². The van der Waals surface area contributed by atoms with Crippen LogP contribution in [0.4, 0.5) is 5.69 Å². The number of likely N-dealkylation sites (N-methyl/N-ethyl adjacent to an activating group) is 2. The van der Waals surface area contributed by atoms with E-state index in [2.05, 4.69) is 5.32 Å². The molecule has 1 atom stereocenters. The Kier molecular flexibility index (Phi) is 7.09. The Labute approximate surface area is 149 Å². The number of amides is 2. The monoisotopic (exact) mass is 370 g/mol. The highest BCUT2D eigenvalue weighted by Crippen LogP contribution is 2.18. The van der Waals surface area contributed by atoms with E-state index in [4.69, 9.17) is 0 Å². The van der Waals surface area contributed by atoms with Gasteiger partial charge >= 0.3 is 0 Å². The van der Waals surface area contributed by atoms with E-state index < -0.39 is 16.1 Å². The van der Waals surface area contributed by atoms with Gasteiger partial charge in [-0.05, 0) is 32.2 Å². The number of nitrogens with zero attached hydrogens (tertiary/aromatic N) is 3. The highest BCUT2D eigenvalue weighted by atomic mass is 32.2. The van der Waals surface area contributed by atoms with Crippen LogP contribution >= 0.6 is 0 Å². The van der Waals surface area contributed by atoms with Crippen LogP contribution in [0.25, 0.3) is 0 Å². The number of carbonyl (C=O) groups excluding carboxylic acids is 2. The van der Waals surface area contributed by atoms with Gasteiger partial charge in [-0.15, -0.1) is 0 Å². The summed E-state index contributed by atoms with van der Waals surface area (Å²) in [6.07, 6.45) is 0. The number of nitrogens with one attached hydrogen (secondary N) is 1. The fourth-order valence-electron chi connectivity index (χ4n) is 1.88. The van der Waals surface area contributed by atoms with Crippen molar-refractivity contribution in [1.29, 1.82) is 0 Å². The van der Waals surface area contributed by atoms with Crippen molar-refractivity contribution in [3.05, 3.63) is 24.3 Å². The molecule has 0 fully saturated rings. The first-order valence-electron chi connectivity index (χ1n) is 7.70. The van der Waals surface area contributed by atoms with Crippen molar-refractivity contribution >= 4 is 27.5 Å². The molecule has 0 aliphatic rings. The largest absolute Gasteiger partial charge is 0.348 e. The Balaban J connectivity index is 2.85. The normalized spacial score (nSPS) is 13.0. The number of hydrogen-bond acceptors (Lipinski definition) is 5. The first kappa shape index (κ1) is 21.1. The first-order valence-corrected chi connectivity index (χ1v) is 9.14. The van der Waals surface area contributed by atoms with Crippen LogP contribution < -0.4 is 5.32 Å². The van der Waals surface area contributed by atoms with Gasteiger partial charge in [0.2, 0.25) is 21.8 Å². The maximum Gasteiger partial charge on any atom is 0.242 e. The lowest BCUT2D eigenvalue weighted by atomic mass is 10.2. The third-order valence-electron chi connectivity index (χ3n) is 3.80. The van der Waals surface area contributed by atoms with Crippen molar-refractivity contribution < 1.29 is 18.0 Å². The van der Waals surface area contributed by atoms with E-state index >= 15 is 0 Å². The zero-order valence-electron chi connectivity index (χ0n) is 15.5. The molecule has 0 unspecified atom stereocenters. The molecule has 1 N–H and O–H groups in total. The third kappa shape index (κ3) is 5.52. The summed E-state index contributed by atoms with van der Waals surface area (Å²) in [6.45, 7) is 1.79. The lowest BCUT2D eigenvalue weighted by Crippen LogP contribution is -2.44. The minimum absolute atomic E-state index is 0.0964. The Morgan fingerprint density at radius 3 is 2.24 bits per heavy atom. The second kappa shape index (κ2) is 8.41. The molecule has 0 bridgehead atoms. The molecule has 0 heterocycles. The molecule has 0 aliphatic carbocycles. The molecule has 0 aromatic heterocycles. The lowest BCUT2D eigenvalue weighted by Gasteiger charge is -2.24. The average molecular weight is 370 g/mol. The smallest absolute Gasteiger partial charge is 0.242 e. The fraction of sp³-hybridized carbons (Fsp3) is 0.500. The van der Waals surface area contributed by atoms with Gasteiger partial charge in [0.15, 0.2) is 0 Å². The average Bonchev–Trinajstić information content (AvgIpc) is 2.53. The second-order valence-electron chi connectivity index (χ2n) is 6.18. The van der Waals surface area contributed by atoms with E-state index in [-0.39, 0.29) is 23.3 Å². The van der Waals surface area contributed by atoms with Gasteiger partial charge in [-0.3, -0.25) is 14.5 Å². The number of benzene rings is 1. The molecular weight excluding hydrogens is 344 g/mol. The summed E-state index contributed by atoms with van der Waals surface area (Å²) < 4.78 is 25.4. The van der Waals surface area contributed by atoms with Gasteiger partial charge in [-0.25, -0.2) is 12.7 Å². The molecule has 140 valence electrons. The summed E-state index contributed by atoms with van der Waals surface area (Å²) in [5.41, 5.74) is 0.382. The molecule has 8 nitrogen and oxygen atoms in total. The molecule has 0 saturated carbocycles. The Bertz CT molecular complexity index is 731. The van der Waals surface area contributed by atoms with E-state index in [1.165, 1.54) is 31.1 Å². The van der Waals surface area contributed by atoms with Crippen LogP contribution in [0.5, 0.6) is 0 Å². The van der Waals surface area contributed by atoms with Crippen molar-refractivity contribution in [2.45, 2.75) is 17.9 Å². The molecule has 1 aromatic carbocycles. The predicted molar refractivity (Wildman–Crippen MR) is 96.7 cm³/mol. The topological polar surface area (TPSA) is 90.0 Å². The van der Waals surface area contributed by atoms with Crippen LogP contribution in [0.2, 0.25) is 0 Å². The standard InChI is InChI=1S/C16H26N4O4S/c1-12(20(6)11-15(21)18(2)3)16(22)17-13-8-7-9-14(10-13)25(23,24)19(4)5/h7-10,12H,11H2,1-6H3,(H,17,22)/t12-/m1/s1. The molecular formula is C16H26N4O4S. The maximum atomic E-state index is 12.4. The van der Waals surface area contributed by atoms with Crippen LogP contribution in [0.3, 0.4) is 0 Å². The maximum absolute atomic E-state index is 12.4. The van der Waals surface area contributed by atoms with Crippen molar-refractivity contribution in [3.8, 4) is 0 Å². The van der Waals surface area contributed by atoms with Crippen LogP contribution in [0, 0.1) is 0 Å². The van der Waals surface area contributed by atoms with Crippen molar-refractivity contribution in [1.82, 2.24) is 14.1 Å². The molecule has 0 aliphatic heterocycles. The van der Waals surface area contributed by atoms with Gasteiger partial charge in [0, 0.05) is 33.9 Å². The number of hydrogen-bond donors (Lipinski definition) is 1. The van der Waals surface area contributed by atoms with E-state index in [0.717, 1.165) is 4.31 Å². The molecule has 0 saturated heterocycles. The van der Waals surface area contributed by atoms with Gasteiger partial charge in [0.25, 0.3) is 0 Å². The Morgan fingerprint density at radius 1 is 1.12 bits per heavy atom. The summed E-state index contributed by atoms with van der Waals surface area (Å²) in [4.78, 5) is 27.3. The van der Waals surface area contributed by atoms with Gasteiger partial charge < -0.3 is 10.2 Å². The molecule has 25 heavy (non-hydrogen) atoms. The molecule has 1 rings (SSSR count). The number of carbonyl (C=O) groups is 2. The van der Waals surface area contributed by atoms with Crippen molar-refractivity contribution in [2.24, 2.45) is 0 Å². The Hall–Kier alpha value is -1.97. The molecule has 1 aromatic rings. The van der Waals surface area contributed by atoms with Crippen LogP contribution in [-0.2, 0) is 19.6 Å². The van der Waals surface area contributed by atoms with E-state index in [1.807, 2.05) is 0 Å². The predicted octanol–water partition coefficient (Wildman–Crippen LogP) is 0.284. The number of sulfonamides is 1. The van der Waals surface area contributed by atoms with Crippen molar-refractivity contribution in [2.75, 3.05) is 47.1 Å². The minimum atomic E-state index is -3.58. The Morgan fingerprint density at radius 2 is 1.72 bits per heavy atom. The quantitative estimate of drug-likeness (QED) is 0.745. The van der Waals surface area contributed by atoms with E-state index in [9.17, 15) is 18.0 Å². The SMILES string of the molecule is C[C@H](C(=O)Nc1cccc(S(=O)(=O)N(C)C)c1)N(C)CC(=O)N(C)C. The summed E-state index contributed by atoms with van der Waals surface area (Å²) >= 11 is 0. The third-order valence-corrected chi connectivity index (χ3v) is 5.62. The molecule has 9 heteroatoms. The van der Waals surface area contributed by atoms with Gasteiger partial charge in [-0.1, -0.05) is 6.07 Å².